The van der Waals surface area contributed by atoms with Crippen molar-refractivity contribution < 1.29 is 68.4 Å². The van der Waals surface area contributed by atoms with E-state index in [-0.39, 0.29) is 56.4 Å². The molecule has 5 aliphatic heterocycles. The second-order valence-corrected chi connectivity index (χ2v) is 16.5. The standard InChI is InChI=1S/C39H51N3O14/c43-14-12-40-34(48)24-7-2-13-41(24)37(50)38-17-25-30-31(55-39(54-30,22-8-9-22)23-10-11-23)33(38)56-42(32(38)35(49)52-25)18-21-5-1-4-20(16-21)6-3-15-51-36-29(47)28(46)27(45)26(19-44)53-36/h1,3-6,16,22-33,36,43-47H,2,7-15,17-19H2,(H,40,48)/t24-,25-,26-,27+,28+,29-,30+,31+,32+,33-,36+,38+/m1/s1. The third-order valence-electron chi connectivity index (χ3n) is 12.9. The fourth-order valence-corrected chi connectivity index (χ4v) is 10.0. The lowest BCUT2D eigenvalue weighted by molar-refractivity contribution is -0.298. The number of amides is 2. The highest BCUT2D eigenvalue weighted by molar-refractivity contribution is 5.96. The van der Waals surface area contributed by atoms with Gasteiger partial charge in [-0.1, -0.05) is 36.4 Å². The SMILES string of the molecule is O=C(NCCO)[C@H]1CCCN1C(=O)[C@@]12C[C@H]3OC(=O)[C@@H]1N(Cc1cccc(C=CCO[C@H]4O[C@H](CO)[C@H](O)[C@H](O)[C@H]4O)c1)O[C@@H]2[C@H]1OC(C2CC2)(C2CC2)O[C@H]13. The number of hydrogen-bond acceptors (Lipinski definition) is 15. The molecule has 2 amide bonds. The van der Waals surface area contributed by atoms with Gasteiger partial charge in [-0.25, -0.2) is 0 Å². The molecular formula is C39H51N3O14. The molecule has 0 unspecified atom stereocenters. The first-order valence-electron chi connectivity index (χ1n) is 20.0. The number of nitrogens with one attached hydrogen (secondary N) is 1. The lowest BCUT2D eigenvalue weighted by Gasteiger charge is -2.50. The predicted molar refractivity (Wildman–Crippen MR) is 189 cm³/mol. The monoisotopic (exact) mass is 785 g/mol. The van der Waals surface area contributed by atoms with Gasteiger partial charge in [0.1, 0.15) is 60.3 Å². The number of aliphatic hydroxyl groups excluding tert-OH is 5. The highest BCUT2D eigenvalue weighted by atomic mass is 16.8. The van der Waals surface area contributed by atoms with Crippen molar-refractivity contribution >= 4 is 23.9 Å². The van der Waals surface area contributed by atoms with Crippen LogP contribution in [0.3, 0.4) is 0 Å². The van der Waals surface area contributed by atoms with Crippen molar-refractivity contribution in [2.75, 3.05) is 32.9 Å². The summed E-state index contributed by atoms with van der Waals surface area (Å²) in [5.41, 5.74) is 0.131. The number of fused-ring (bicyclic) bond motifs is 4. The van der Waals surface area contributed by atoms with E-state index in [4.69, 9.17) is 28.5 Å². The normalized spacial score (nSPS) is 40.2. The zero-order valence-corrected chi connectivity index (χ0v) is 31.0. The van der Waals surface area contributed by atoms with Crippen LogP contribution in [0.25, 0.3) is 6.08 Å². The molecule has 8 fully saturated rings. The molecule has 2 bridgehead atoms. The third kappa shape index (κ3) is 6.39. The van der Waals surface area contributed by atoms with Crippen molar-refractivity contribution in [2.24, 2.45) is 17.3 Å². The first-order chi connectivity index (χ1) is 27.1. The number of hydrogen-bond donors (Lipinski definition) is 6. The van der Waals surface area contributed by atoms with Gasteiger partial charge in [0.2, 0.25) is 11.8 Å². The van der Waals surface area contributed by atoms with Gasteiger partial charge in [0.25, 0.3) is 0 Å². The number of ether oxygens (including phenoxy) is 5. The van der Waals surface area contributed by atoms with E-state index in [0.717, 1.165) is 36.8 Å². The molecule has 5 saturated heterocycles. The lowest BCUT2D eigenvalue weighted by Crippen LogP contribution is -2.70. The number of benzene rings is 1. The van der Waals surface area contributed by atoms with E-state index in [2.05, 4.69) is 5.32 Å². The summed E-state index contributed by atoms with van der Waals surface area (Å²) in [7, 11) is 0. The molecule has 6 N–H and O–H groups in total. The lowest BCUT2D eigenvalue weighted by atomic mass is 9.62. The Kier molecular flexibility index (Phi) is 10.3. The van der Waals surface area contributed by atoms with Gasteiger partial charge in [-0.3, -0.25) is 19.2 Å². The average Bonchev–Trinajstić information content (AvgIpc) is 4.12. The summed E-state index contributed by atoms with van der Waals surface area (Å²) < 4.78 is 31.0. The Morgan fingerprint density at radius 2 is 1.77 bits per heavy atom. The van der Waals surface area contributed by atoms with E-state index in [9.17, 15) is 35.1 Å². The fraction of sp³-hybridized carbons (Fsp3) is 0.718. The summed E-state index contributed by atoms with van der Waals surface area (Å²) in [4.78, 5) is 51.1. The van der Waals surface area contributed by atoms with E-state index < -0.39 is 91.0 Å². The Morgan fingerprint density at radius 3 is 2.50 bits per heavy atom. The van der Waals surface area contributed by atoms with Crippen LogP contribution in [0.2, 0.25) is 0 Å². The molecule has 17 heteroatoms. The second-order valence-electron chi connectivity index (χ2n) is 16.5. The topological polar surface area (TPSA) is 226 Å². The molecule has 8 aliphatic rings. The molecule has 0 radical (unpaired) electrons. The summed E-state index contributed by atoms with van der Waals surface area (Å²) in [5, 5.41) is 53.4. The maximum Gasteiger partial charge on any atom is 0.327 e. The number of aliphatic hydroxyl groups is 5. The molecule has 17 nitrogen and oxygen atoms in total. The quantitative estimate of drug-likeness (QED) is 0.128. The summed E-state index contributed by atoms with van der Waals surface area (Å²) in [6, 6.07) is 5.61. The van der Waals surface area contributed by atoms with Gasteiger partial charge in [-0.05, 0) is 49.7 Å². The molecule has 1 aromatic carbocycles. The average molecular weight is 786 g/mol. The number of esters is 1. The number of hydroxylamine groups is 2. The van der Waals surface area contributed by atoms with E-state index in [1.807, 2.05) is 24.3 Å². The van der Waals surface area contributed by atoms with Gasteiger partial charge >= 0.3 is 5.97 Å². The molecular weight excluding hydrogens is 734 g/mol. The van der Waals surface area contributed by atoms with Crippen LogP contribution in [-0.2, 0) is 49.5 Å². The summed E-state index contributed by atoms with van der Waals surface area (Å²) >= 11 is 0. The van der Waals surface area contributed by atoms with E-state index in [1.165, 1.54) is 0 Å². The van der Waals surface area contributed by atoms with Crippen molar-refractivity contribution in [1.82, 2.24) is 15.3 Å². The first-order valence-corrected chi connectivity index (χ1v) is 20.0. The van der Waals surface area contributed by atoms with Gasteiger partial charge in [0, 0.05) is 31.3 Å². The number of likely N-dealkylation sites (tertiary alicyclic amines) is 1. The van der Waals surface area contributed by atoms with Gasteiger partial charge in [-0.2, -0.15) is 5.06 Å². The first kappa shape index (κ1) is 38.4. The second kappa shape index (κ2) is 14.9. The zero-order chi connectivity index (χ0) is 38.9. The number of carbonyl (C=O) groups excluding carboxylic acids is 3. The van der Waals surface area contributed by atoms with Crippen LogP contribution < -0.4 is 5.32 Å². The molecule has 1 aromatic rings. The van der Waals surface area contributed by atoms with Crippen LogP contribution in [0, 0.1) is 17.3 Å². The van der Waals surface area contributed by atoms with Crippen LogP contribution >= 0.6 is 0 Å². The maximum absolute atomic E-state index is 15.2. The van der Waals surface area contributed by atoms with E-state index >= 15 is 4.79 Å². The molecule has 3 saturated carbocycles. The molecule has 9 rings (SSSR count). The molecule has 56 heavy (non-hydrogen) atoms. The minimum atomic E-state index is -1.55. The van der Waals surface area contributed by atoms with Crippen LogP contribution in [0.15, 0.2) is 30.3 Å². The van der Waals surface area contributed by atoms with E-state index in [1.54, 1.807) is 22.1 Å². The Balaban J connectivity index is 0.970. The van der Waals surface area contributed by atoms with Gasteiger partial charge < -0.3 is 59.4 Å². The van der Waals surface area contributed by atoms with Gasteiger partial charge in [0.15, 0.2) is 18.1 Å². The van der Waals surface area contributed by atoms with Crippen molar-refractivity contribution in [1.29, 1.82) is 0 Å². The van der Waals surface area contributed by atoms with Gasteiger partial charge in [0.05, 0.1) is 26.4 Å². The van der Waals surface area contributed by atoms with Crippen molar-refractivity contribution in [3.63, 3.8) is 0 Å². The molecule has 0 spiro atoms. The van der Waals surface area contributed by atoms with Crippen molar-refractivity contribution in [3.05, 3.63) is 41.5 Å². The van der Waals surface area contributed by atoms with Crippen LogP contribution in [-0.4, -0.2) is 159 Å². The number of carbonyl (C=O) groups is 3. The Bertz CT molecular complexity index is 1690. The molecule has 5 heterocycles. The molecule has 3 aliphatic carbocycles. The summed E-state index contributed by atoms with van der Waals surface area (Å²) in [6.45, 7) is -0.286. The molecule has 12 atom stereocenters. The Hall–Kier alpha value is -3.07. The zero-order valence-electron chi connectivity index (χ0n) is 31.0. The number of rotatable bonds is 13. The number of nitrogens with zero attached hydrogens (tertiary/aromatic N) is 2. The smallest absolute Gasteiger partial charge is 0.327 e. The summed E-state index contributed by atoms with van der Waals surface area (Å²) in [5.74, 6) is -1.62. The minimum absolute atomic E-state index is 0.0209. The van der Waals surface area contributed by atoms with Crippen LogP contribution in [0.5, 0.6) is 0 Å². The van der Waals surface area contributed by atoms with E-state index in [0.29, 0.717) is 19.4 Å². The third-order valence-corrected chi connectivity index (χ3v) is 12.9. The summed E-state index contributed by atoms with van der Waals surface area (Å²) in [6.07, 6.45) is -1.16. The highest BCUT2D eigenvalue weighted by Crippen LogP contribution is 2.64. The van der Waals surface area contributed by atoms with Crippen LogP contribution in [0.1, 0.15) is 56.1 Å². The molecule has 0 aromatic heterocycles. The maximum atomic E-state index is 15.2. The predicted octanol–water partition coefficient (Wildman–Crippen LogP) is -1.28. The highest BCUT2D eigenvalue weighted by Gasteiger charge is 2.78. The minimum Gasteiger partial charge on any atom is -0.458 e. The largest absolute Gasteiger partial charge is 0.458 e. The molecule has 306 valence electrons. The van der Waals surface area contributed by atoms with Gasteiger partial charge in [-0.15, -0.1) is 0 Å². The van der Waals surface area contributed by atoms with Crippen molar-refractivity contribution in [2.45, 2.75) is 124 Å². The fourth-order valence-electron chi connectivity index (χ4n) is 10.0. The Morgan fingerprint density at radius 1 is 1.00 bits per heavy atom. The van der Waals surface area contributed by atoms with Crippen LogP contribution in [0.4, 0.5) is 0 Å². The van der Waals surface area contributed by atoms with Crippen molar-refractivity contribution in [3.8, 4) is 0 Å². The Labute approximate surface area is 323 Å².